The number of piperidine rings is 1. The summed E-state index contributed by atoms with van der Waals surface area (Å²) in [4.78, 5) is 27.2. The fraction of sp³-hybridized carbons (Fsp3) is 0.292. The maximum absolute atomic E-state index is 13.2. The van der Waals surface area contributed by atoms with Crippen LogP contribution in [0.4, 0.5) is 15.9 Å². The summed E-state index contributed by atoms with van der Waals surface area (Å²) < 4.78 is 14.5. The van der Waals surface area contributed by atoms with Crippen molar-refractivity contribution in [3.8, 4) is 5.69 Å². The summed E-state index contributed by atoms with van der Waals surface area (Å²) >= 11 is 0. The second kappa shape index (κ2) is 8.71. The fourth-order valence-corrected chi connectivity index (χ4v) is 3.80. The molecule has 1 atom stereocenters. The van der Waals surface area contributed by atoms with Crippen LogP contribution >= 0.6 is 0 Å². The molecule has 1 N–H and O–H groups in total. The Labute approximate surface area is 180 Å². The Morgan fingerprint density at radius 1 is 1.06 bits per heavy atom. The van der Waals surface area contributed by atoms with Crippen LogP contribution in [0, 0.1) is 25.6 Å². The number of rotatable bonds is 4. The third-order valence-electron chi connectivity index (χ3n) is 5.75. The summed E-state index contributed by atoms with van der Waals surface area (Å²) in [7, 11) is 0. The molecule has 0 spiro atoms. The number of hydrogen-bond donors (Lipinski definition) is 1. The molecule has 0 aliphatic carbocycles. The van der Waals surface area contributed by atoms with Crippen molar-refractivity contribution >= 4 is 17.4 Å². The molecule has 2 aromatic carbocycles. The molecule has 1 saturated heterocycles. The molecule has 2 heterocycles. The second-order valence-electron chi connectivity index (χ2n) is 7.99. The predicted octanol–water partition coefficient (Wildman–Crippen LogP) is 3.84. The molecule has 1 amide bonds. The topological polar surface area (TPSA) is 67.2 Å². The van der Waals surface area contributed by atoms with Crippen molar-refractivity contribution in [2.75, 3.05) is 23.3 Å². The Bertz CT molecular complexity index is 1160. The zero-order valence-electron chi connectivity index (χ0n) is 17.6. The standard InChI is InChI=1S/C24H25FN4O2/c1-16-5-8-20(14-17(16)2)26-24(31)18-4-3-13-28(15-18)22-11-12-23(30)29(27-22)21-9-6-19(25)7-10-21/h5-12,14,18H,3-4,13,15H2,1-2H3,(H,26,31). The molecule has 1 aliphatic heterocycles. The fourth-order valence-electron chi connectivity index (χ4n) is 3.80. The number of amides is 1. The number of nitrogens with zero attached hydrogens (tertiary/aromatic N) is 3. The van der Waals surface area contributed by atoms with Crippen LogP contribution in [-0.4, -0.2) is 28.8 Å². The molecular formula is C24H25FN4O2. The third kappa shape index (κ3) is 4.66. The monoisotopic (exact) mass is 420 g/mol. The molecule has 0 bridgehead atoms. The third-order valence-corrected chi connectivity index (χ3v) is 5.75. The summed E-state index contributed by atoms with van der Waals surface area (Å²) in [5, 5.41) is 7.50. The van der Waals surface area contributed by atoms with Gasteiger partial charge in [-0.3, -0.25) is 9.59 Å². The van der Waals surface area contributed by atoms with E-state index in [9.17, 15) is 14.0 Å². The van der Waals surface area contributed by atoms with Crippen molar-refractivity contribution in [1.82, 2.24) is 9.78 Å². The van der Waals surface area contributed by atoms with E-state index >= 15 is 0 Å². The van der Waals surface area contributed by atoms with Crippen LogP contribution in [0.3, 0.4) is 0 Å². The lowest BCUT2D eigenvalue weighted by Crippen LogP contribution is -2.41. The van der Waals surface area contributed by atoms with Crippen molar-refractivity contribution in [3.63, 3.8) is 0 Å². The van der Waals surface area contributed by atoms with Crippen LogP contribution in [0.15, 0.2) is 59.4 Å². The van der Waals surface area contributed by atoms with E-state index in [0.29, 0.717) is 18.1 Å². The van der Waals surface area contributed by atoms with Gasteiger partial charge in [0.1, 0.15) is 11.6 Å². The molecule has 1 aromatic heterocycles. The number of carbonyl (C=O) groups excluding carboxylic acids is 1. The maximum Gasteiger partial charge on any atom is 0.271 e. The number of anilines is 2. The molecule has 0 saturated carbocycles. The zero-order valence-corrected chi connectivity index (χ0v) is 17.6. The van der Waals surface area contributed by atoms with Gasteiger partial charge in [0.25, 0.3) is 5.56 Å². The first-order valence-electron chi connectivity index (χ1n) is 10.4. The molecule has 6 nitrogen and oxygen atoms in total. The van der Waals surface area contributed by atoms with Crippen molar-refractivity contribution in [2.45, 2.75) is 26.7 Å². The van der Waals surface area contributed by atoms with Gasteiger partial charge in [-0.2, -0.15) is 4.68 Å². The van der Waals surface area contributed by atoms with Gasteiger partial charge in [-0.15, -0.1) is 5.10 Å². The van der Waals surface area contributed by atoms with E-state index in [4.69, 9.17) is 0 Å². The van der Waals surface area contributed by atoms with E-state index in [2.05, 4.69) is 10.4 Å². The van der Waals surface area contributed by atoms with Gasteiger partial charge in [-0.05, 0) is 80.3 Å². The minimum atomic E-state index is -0.374. The average molecular weight is 420 g/mol. The summed E-state index contributed by atoms with van der Waals surface area (Å²) in [6.07, 6.45) is 1.65. The summed E-state index contributed by atoms with van der Waals surface area (Å²) in [5.74, 6) is 0.0531. The molecule has 3 aromatic rings. The first-order valence-corrected chi connectivity index (χ1v) is 10.4. The Morgan fingerprint density at radius 3 is 2.58 bits per heavy atom. The van der Waals surface area contributed by atoms with Gasteiger partial charge in [-0.25, -0.2) is 4.39 Å². The normalized spacial score (nSPS) is 16.2. The van der Waals surface area contributed by atoms with E-state index in [1.165, 1.54) is 40.6 Å². The molecule has 7 heteroatoms. The van der Waals surface area contributed by atoms with Gasteiger partial charge in [0.2, 0.25) is 5.91 Å². The van der Waals surface area contributed by atoms with Crippen LogP contribution in [0.25, 0.3) is 5.69 Å². The minimum absolute atomic E-state index is 0.0141. The number of benzene rings is 2. The van der Waals surface area contributed by atoms with E-state index in [1.54, 1.807) is 6.07 Å². The number of nitrogens with one attached hydrogen (secondary N) is 1. The largest absolute Gasteiger partial charge is 0.354 e. The first-order chi connectivity index (χ1) is 14.9. The SMILES string of the molecule is Cc1ccc(NC(=O)C2CCCN(c3ccc(=O)n(-c4ccc(F)cc4)n3)C2)cc1C. The molecule has 1 aliphatic rings. The minimum Gasteiger partial charge on any atom is -0.354 e. The van der Waals surface area contributed by atoms with Gasteiger partial charge in [-0.1, -0.05) is 6.07 Å². The van der Waals surface area contributed by atoms with Crippen molar-refractivity contribution in [2.24, 2.45) is 5.92 Å². The number of hydrogen-bond acceptors (Lipinski definition) is 4. The van der Waals surface area contributed by atoms with Gasteiger partial charge < -0.3 is 10.2 Å². The van der Waals surface area contributed by atoms with Crippen molar-refractivity contribution in [3.05, 3.63) is 81.9 Å². The zero-order chi connectivity index (χ0) is 22.0. The van der Waals surface area contributed by atoms with Gasteiger partial charge >= 0.3 is 0 Å². The lowest BCUT2D eigenvalue weighted by Gasteiger charge is -2.33. The number of carbonyl (C=O) groups is 1. The smallest absolute Gasteiger partial charge is 0.271 e. The quantitative estimate of drug-likeness (QED) is 0.696. The first kappa shape index (κ1) is 20.8. The molecule has 31 heavy (non-hydrogen) atoms. The highest BCUT2D eigenvalue weighted by molar-refractivity contribution is 5.93. The van der Waals surface area contributed by atoms with E-state index in [0.717, 1.165) is 30.6 Å². The highest BCUT2D eigenvalue weighted by Gasteiger charge is 2.27. The van der Waals surface area contributed by atoms with E-state index in [1.807, 2.05) is 36.9 Å². The maximum atomic E-state index is 13.2. The Hall–Kier alpha value is -3.48. The van der Waals surface area contributed by atoms with Gasteiger partial charge in [0, 0.05) is 24.8 Å². The molecule has 0 radical (unpaired) electrons. The average Bonchev–Trinajstić information content (AvgIpc) is 2.77. The van der Waals surface area contributed by atoms with Crippen LogP contribution in [-0.2, 0) is 4.79 Å². The Morgan fingerprint density at radius 2 is 1.84 bits per heavy atom. The molecule has 4 rings (SSSR count). The molecule has 160 valence electrons. The lowest BCUT2D eigenvalue weighted by atomic mass is 9.97. The summed E-state index contributed by atoms with van der Waals surface area (Å²) in [6.45, 7) is 5.33. The molecule has 1 fully saturated rings. The Kier molecular flexibility index (Phi) is 5.84. The van der Waals surface area contributed by atoms with Crippen LogP contribution < -0.4 is 15.8 Å². The van der Waals surface area contributed by atoms with Crippen LogP contribution in [0.1, 0.15) is 24.0 Å². The summed E-state index contributed by atoms with van der Waals surface area (Å²) in [5.41, 5.74) is 3.32. The van der Waals surface area contributed by atoms with Crippen LogP contribution in [0.5, 0.6) is 0 Å². The highest BCUT2D eigenvalue weighted by atomic mass is 19.1. The number of halogens is 1. The second-order valence-corrected chi connectivity index (χ2v) is 7.99. The predicted molar refractivity (Wildman–Crippen MR) is 119 cm³/mol. The highest BCUT2D eigenvalue weighted by Crippen LogP contribution is 2.23. The van der Waals surface area contributed by atoms with E-state index < -0.39 is 0 Å². The van der Waals surface area contributed by atoms with E-state index in [-0.39, 0.29) is 23.2 Å². The number of aromatic nitrogens is 2. The lowest BCUT2D eigenvalue weighted by molar-refractivity contribution is -0.120. The van der Waals surface area contributed by atoms with Gasteiger partial charge in [0.15, 0.2) is 0 Å². The molecule has 1 unspecified atom stereocenters. The molecular weight excluding hydrogens is 395 g/mol. The van der Waals surface area contributed by atoms with Gasteiger partial charge in [0.05, 0.1) is 11.6 Å². The Balaban J connectivity index is 1.51. The van der Waals surface area contributed by atoms with Crippen molar-refractivity contribution in [1.29, 1.82) is 0 Å². The van der Waals surface area contributed by atoms with Crippen molar-refractivity contribution < 1.29 is 9.18 Å². The van der Waals surface area contributed by atoms with Crippen LogP contribution in [0.2, 0.25) is 0 Å². The number of aryl methyl sites for hydroxylation is 2. The summed E-state index contributed by atoms with van der Waals surface area (Å²) in [6, 6.07) is 14.6.